The topological polar surface area (TPSA) is 58.6 Å². The molecule has 0 saturated heterocycles. The zero-order valence-electron chi connectivity index (χ0n) is 9.78. The quantitative estimate of drug-likeness (QED) is 0.607. The molecule has 0 amide bonds. The van der Waals surface area contributed by atoms with E-state index in [1.165, 1.54) is 19.2 Å². The number of benzene rings is 1. The maximum atomic E-state index is 11.3. The van der Waals surface area contributed by atoms with E-state index in [4.69, 9.17) is 0 Å². The van der Waals surface area contributed by atoms with E-state index in [9.17, 15) is 9.90 Å². The molecule has 0 aromatic heterocycles. The number of rotatable bonds is 4. The van der Waals surface area contributed by atoms with Gasteiger partial charge in [-0.3, -0.25) is 0 Å². The van der Waals surface area contributed by atoms with Gasteiger partial charge in [-0.05, 0) is 24.1 Å². The average molecular weight is 223 g/mol. The molecule has 0 spiro atoms. The SMILES string of the molecule is COC(=O)c1ccc(O)c(NCC(C)C)c1. The van der Waals surface area contributed by atoms with Crippen molar-refractivity contribution in [1.82, 2.24) is 0 Å². The predicted molar refractivity (Wildman–Crippen MR) is 62.8 cm³/mol. The monoisotopic (exact) mass is 223 g/mol. The number of phenols is 1. The van der Waals surface area contributed by atoms with Crippen LogP contribution >= 0.6 is 0 Å². The van der Waals surface area contributed by atoms with Gasteiger partial charge in [-0.1, -0.05) is 13.8 Å². The molecule has 0 fully saturated rings. The molecule has 4 nitrogen and oxygen atoms in total. The van der Waals surface area contributed by atoms with E-state index in [1.54, 1.807) is 6.07 Å². The Morgan fingerprint density at radius 3 is 2.75 bits per heavy atom. The second kappa shape index (κ2) is 5.39. The number of carbonyl (C=O) groups excluding carboxylic acids is 1. The van der Waals surface area contributed by atoms with E-state index in [1.807, 2.05) is 0 Å². The van der Waals surface area contributed by atoms with Gasteiger partial charge in [0.1, 0.15) is 5.75 Å². The minimum Gasteiger partial charge on any atom is -0.506 e. The summed E-state index contributed by atoms with van der Waals surface area (Å²) >= 11 is 0. The van der Waals surface area contributed by atoms with E-state index in [0.717, 1.165) is 6.54 Å². The van der Waals surface area contributed by atoms with E-state index in [2.05, 4.69) is 23.9 Å². The number of esters is 1. The summed E-state index contributed by atoms with van der Waals surface area (Å²) in [5.41, 5.74) is 0.975. The zero-order chi connectivity index (χ0) is 12.1. The number of hydrogen-bond donors (Lipinski definition) is 2. The Labute approximate surface area is 95.2 Å². The van der Waals surface area contributed by atoms with Gasteiger partial charge < -0.3 is 15.2 Å². The third kappa shape index (κ3) is 3.15. The van der Waals surface area contributed by atoms with Crippen LogP contribution in [0.4, 0.5) is 5.69 Å². The van der Waals surface area contributed by atoms with Crippen molar-refractivity contribution in [2.24, 2.45) is 5.92 Å². The first-order valence-corrected chi connectivity index (χ1v) is 5.19. The fourth-order valence-electron chi connectivity index (χ4n) is 1.24. The van der Waals surface area contributed by atoms with Crippen molar-refractivity contribution in [3.8, 4) is 5.75 Å². The third-order valence-corrected chi connectivity index (χ3v) is 2.12. The second-order valence-corrected chi connectivity index (χ2v) is 4.00. The number of phenolic OH excluding ortho intramolecular Hbond substituents is 1. The lowest BCUT2D eigenvalue weighted by molar-refractivity contribution is 0.0601. The van der Waals surface area contributed by atoms with Crippen LogP contribution in [-0.4, -0.2) is 24.7 Å². The highest BCUT2D eigenvalue weighted by atomic mass is 16.5. The molecule has 4 heteroatoms. The van der Waals surface area contributed by atoms with Crippen LogP contribution in [0.15, 0.2) is 18.2 Å². The standard InChI is InChI=1S/C12H17NO3/c1-8(2)7-13-10-6-9(12(15)16-3)4-5-11(10)14/h4-6,8,13-14H,7H2,1-3H3. The van der Waals surface area contributed by atoms with Crippen molar-refractivity contribution in [3.63, 3.8) is 0 Å². The van der Waals surface area contributed by atoms with Crippen molar-refractivity contribution in [3.05, 3.63) is 23.8 Å². The zero-order valence-corrected chi connectivity index (χ0v) is 9.78. The molecule has 1 aromatic carbocycles. The first-order chi connectivity index (χ1) is 7.54. The Morgan fingerprint density at radius 1 is 1.50 bits per heavy atom. The van der Waals surface area contributed by atoms with Crippen LogP contribution in [0.25, 0.3) is 0 Å². The largest absolute Gasteiger partial charge is 0.506 e. The molecule has 1 rings (SSSR count). The summed E-state index contributed by atoms with van der Waals surface area (Å²) in [6, 6.07) is 4.60. The highest BCUT2D eigenvalue weighted by molar-refractivity contribution is 5.91. The van der Waals surface area contributed by atoms with Crippen molar-refractivity contribution in [2.75, 3.05) is 19.0 Å². The van der Waals surface area contributed by atoms with Crippen molar-refractivity contribution < 1.29 is 14.6 Å². The van der Waals surface area contributed by atoms with E-state index >= 15 is 0 Å². The summed E-state index contributed by atoms with van der Waals surface area (Å²) in [6.07, 6.45) is 0. The van der Waals surface area contributed by atoms with E-state index in [-0.39, 0.29) is 5.75 Å². The average Bonchev–Trinajstić information content (AvgIpc) is 2.26. The Balaban J connectivity index is 2.86. The minimum atomic E-state index is -0.410. The molecule has 0 aliphatic rings. The molecule has 0 saturated carbocycles. The summed E-state index contributed by atoms with van der Waals surface area (Å²) < 4.78 is 4.61. The number of methoxy groups -OCH3 is 1. The van der Waals surface area contributed by atoms with Gasteiger partial charge in [0.15, 0.2) is 0 Å². The summed E-state index contributed by atoms with van der Waals surface area (Å²) in [7, 11) is 1.33. The van der Waals surface area contributed by atoms with Crippen LogP contribution in [0.5, 0.6) is 5.75 Å². The summed E-state index contributed by atoms with van der Waals surface area (Å²) in [4.78, 5) is 11.3. The van der Waals surface area contributed by atoms with Gasteiger partial charge in [0, 0.05) is 6.54 Å². The molecule has 0 atom stereocenters. The molecule has 0 unspecified atom stereocenters. The number of aromatic hydroxyl groups is 1. The van der Waals surface area contributed by atoms with Gasteiger partial charge in [0.25, 0.3) is 0 Å². The number of carbonyl (C=O) groups is 1. The fourth-order valence-corrected chi connectivity index (χ4v) is 1.24. The van der Waals surface area contributed by atoms with Crippen LogP contribution in [0, 0.1) is 5.92 Å². The molecular formula is C12H17NO3. The Kier molecular flexibility index (Phi) is 4.17. The van der Waals surface area contributed by atoms with E-state index < -0.39 is 5.97 Å². The third-order valence-electron chi connectivity index (χ3n) is 2.12. The maximum Gasteiger partial charge on any atom is 0.337 e. The number of anilines is 1. The summed E-state index contributed by atoms with van der Waals surface area (Å²) in [6.45, 7) is 4.86. The van der Waals surface area contributed by atoms with Gasteiger partial charge in [0.2, 0.25) is 0 Å². The van der Waals surface area contributed by atoms with Crippen molar-refractivity contribution in [2.45, 2.75) is 13.8 Å². The molecule has 0 radical (unpaired) electrons. The second-order valence-electron chi connectivity index (χ2n) is 4.00. The van der Waals surface area contributed by atoms with Gasteiger partial charge in [-0.25, -0.2) is 4.79 Å². The lowest BCUT2D eigenvalue weighted by atomic mass is 10.1. The van der Waals surface area contributed by atoms with Crippen LogP contribution in [0.1, 0.15) is 24.2 Å². The van der Waals surface area contributed by atoms with Gasteiger partial charge in [-0.2, -0.15) is 0 Å². The molecule has 2 N–H and O–H groups in total. The van der Waals surface area contributed by atoms with Crippen molar-refractivity contribution in [1.29, 1.82) is 0 Å². The van der Waals surface area contributed by atoms with Gasteiger partial charge in [-0.15, -0.1) is 0 Å². The first kappa shape index (κ1) is 12.4. The lowest BCUT2D eigenvalue weighted by Gasteiger charge is -2.11. The Morgan fingerprint density at radius 2 is 2.19 bits per heavy atom. The molecule has 0 aliphatic heterocycles. The molecule has 16 heavy (non-hydrogen) atoms. The fraction of sp³-hybridized carbons (Fsp3) is 0.417. The predicted octanol–water partition coefficient (Wildman–Crippen LogP) is 2.25. The maximum absolute atomic E-state index is 11.3. The molecule has 0 aliphatic carbocycles. The Hall–Kier alpha value is -1.71. The lowest BCUT2D eigenvalue weighted by Crippen LogP contribution is -2.09. The Bertz CT molecular complexity index is 375. The summed E-state index contributed by atoms with van der Waals surface area (Å²) in [5.74, 6) is 0.182. The number of nitrogens with one attached hydrogen (secondary N) is 1. The van der Waals surface area contributed by atoms with E-state index in [0.29, 0.717) is 17.2 Å². The van der Waals surface area contributed by atoms with Gasteiger partial charge >= 0.3 is 5.97 Å². The number of hydrogen-bond acceptors (Lipinski definition) is 4. The molecule has 0 bridgehead atoms. The van der Waals surface area contributed by atoms with Crippen LogP contribution < -0.4 is 5.32 Å². The first-order valence-electron chi connectivity index (χ1n) is 5.19. The molecule has 88 valence electrons. The van der Waals surface area contributed by atoms with Gasteiger partial charge in [0.05, 0.1) is 18.4 Å². The smallest absolute Gasteiger partial charge is 0.337 e. The normalized spacial score (nSPS) is 10.2. The van der Waals surface area contributed by atoms with Crippen LogP contribution in [0.2, 0.25) is 0 Å². The van der Waals surface area contributed by atoms with Crippen LogP contribution in [0.3, 0.4) is 0 Å². The molecule has 0 heterocycles. The summed E-state index contributed by atoms with van der Waals surface area (Å²) in [5, 5.41) is 12.7. The molecular weight excluding hydrogens is 206 g/mol. The van der Waals surface area contributed by atoms with Crippen LogP contribution in [-0.2, 0) is 4.74 Å². The highest BCUT2D eigenvalue weighted by Crippen LogP contribution is 2.24. The minimum absolute atomic E-state index is 0.133. The van der Waals surface area contributed by atoms with Crippen molar-refractivity contribution >= 4 is 11.7 Å². The molecule has 1 aromatic rings. The number of ether oxygens (including phenoxy) is 1. The highest BCUT2D eigenvalue weighted by Gasteiger charge is 2.09.